The summed E-state index contributed by atoms with van der Waals surface area (Å²) in [5.41, 5.74) is 0. The van der Waals surface area contributed by atoms with Gasteiger partial charge in [-0.05, 0) is 57.9 Å². The second-order valence-electron chi connectivity index (χ2n) is 6.73. The summed E-state index contributed by atoms with van der Waals surface area (Å²) in [5, 5.41) is 0. The summed E-state index contributed by atoms with van der Waals surface area (Å²) < 4.78 is 42.1. The van der Waals surface area contributed by atoms with Crippen LogP contribution < -0.4 is 4.74 Å². The fourth-order valence-electron chi connectivity index (χ4n) is 2.90. The molecule has 0 aromatic heterocycles. The lowest BCUT2D eigenvalue weighted by molar-refractivity contribution is -0.164. The van der Waals surface area contributed by atoms with Gasteiger partial charge in [-0.2, -0.15) is 4.31 Å². The summed E-state index contributed by atoms with van der Waals surface area (Å²) in [6.07, 6.45) is 0.407. The fraction of sp³-hybridized carbons (Fsp3) is 0.579. The zero-order valence-corrected chi connectivity index (χ0v) is 17.2. The largest absolute Gasteiger partial charge is 0.494 e. The Hall–Kier alpha value is -2.13. The molecular weight excluding hydrogens is 386 g/mol. The highest BCUT2D eigenvalue weighted by molar-refractivity contribution is 7.89. The molecule has 1 fully saturated rings. The molecule has 0 bridgehead atoms. The van der Waals surface area contributed by atoms with Gasteiger partial charge in [0.15, 0.2) is 6.61 Å². The van der Waals surface area contributed by atoms with Gasteiger partial charge in [0, 0.05) is 13.1 Å². The molecule has 1 aromatic carbocycles. The van der Waals surface area contributed by atoms with Crippen LogP contribution in [0.2, 0.25) is 0 Å². The Balaban J connectivity index is 1.88. The number of rotatable bonds is 8. The van der Waals surface area contributed by atoms with Crippen molar-refractivity contribution < 1.29 is 32.2 Å². The number of ether oxygens (including phenoxy) is 3. The average molecular weight is 413 g/mol. The summed E-state index contributed by atoms with van der Waals surface area (Å²) in [6.45, 7) is 5.78. The van der Waals surface area contributed by atoms with E-state index in [-0.39, 0.29) is 24.1 Å². The highest BCUT2D eigenvalue weighted by Crippen LogP contribution is 2.25. The van der Waals surface area contributed by atoms with E-state index >= 15 is 0 Å². The first-order chi connectivity index (χ1) is 13.2. The Kier molecular flexibility index (Phi) is 7.82. The van der Waals surface area contributed by atoms with Gasteiger partial charge in [-0.3, -0.25) is 4.79 Å². The maximum Gasteiger partial charge on any atom is 0.344 e. The summed E-state index contributed by atoms with van der Waals surface area (Å²) in [7, 11) is -3.63. The van der Waals surface area contributed by atoms with Crippen LogP contribution >= 0.6 is 0 Å². The summed E-state index contributed by atoms with van der Waals surface area (Å²) in [6, 6.07) is 6.27. The number of nitrogens with zero attached hydrogens (tertiary/aromatic N) is 1. The molecule has 2 rings (SSSR count). The van der Waals surface area contributed by atoms with Gasteiger partial charge in [0.2, 0.25) is 10.0 Å². The number of hydrogen-bond acceptors (Lipinski definition) is 7. The van der Waals surface area contributed by atoms with Crippen LogP contribution in [0.15, 0.2) is 29.2 Å². The van der Waals surface area contributed by atoms with Gasteiger partial charge in [-0.15, -0.1) is 0 Å². The lowest BCUT2D eigenvalue weighted by Crippen LogP contribution is -2.40. The second kappa shape index (κ2) is 9.88. The van der Waals surface area contributed by atoms with E-state index in [4.69, 9.17) is 14.2 Å². The van der Waals surface area contributed by atoms with Crippen LogP contribution in [-0.2, 0) is 29.1 Å². The highest BCUT2D eigenvalue weighted by Gasteiger charge is 2.33. The van der Waals surface area contributed by atoms with Gasteiger partial charge in [-0.1, -0.05) is 0 Å². The molecule has 1 aliphatic heterocycles. The third-order valence-electron chi connectivity index (χ3n) is 4.26. The molecule has 1 saturated heterocycles. The lowest BCUT2D eigenvalue weighted by atomic mass is 9.98. The number of esters is 2. The van der Waals surface area contributed by atoms with E-state index in [0.717, 1.165) is 0 Å². The van der Waals surface area contributed by atoms with E-state index in [0.29, 0.717) is 25.2 Å². The molecule has 0 amide bonds. The van der Waals surface area contributed by atoms with Crippen molar-refractivity contribution in [1.82, 2.24) is 4.31 Å². The maximum atomic E-state index is 12.8. The predicted octanol–water partition coefficient (Wildman–Crippen LogP) is 1.98. The van der Waals surface area contributed by atoms with E-state index < -0.39 is 34.5 Å². The smallest absolute Gasteiger partial charge is 0.344 e. The fourth-order valence-corrected chi connectivity index (χ4v) is 4.37. The molecule has 1 aromatic rings. The monoisotopic (exact) mass is 413 g/mol. The van der Waals surface area contributed by atoms with Crippen molar-refractivity contribution in [3.05, 3.63) is 24.3 Å². The van der Waals surface area contributed by atoms with Crippen molar-refractivity contribution in [3.8, 4) is 5.75 Å². The zero-order chi connectivity index (χ0) is 20.7. The van der Waals surface area contributed by atoms with E-state index in [9.17, 15) is 18.0 Å². The van der Waals surface area contributed by atoms with Gasteiger partial charge in [0.25, 0.3) is 0 Å². The Morgan fingerprint density at radius 1 is 1.14 bits per heavy atom. The zero-order valence-electron chi connectivity index (χ0n) is 16.4. The van der Waals surface area contributed by atoms with Crippen molar-refractivity contribution in [2.45, 2.75) is 44.6 Å². The Labute approximate surface area is 165 Å². The molecule has 8 nitrogen and oxygen atoms in total. The van der Waals surface area contributed by atoms with E-state index in [2.05, 4.69) is 0 Å². The normalized spacial score (nSPS) is 16.0. The molecule has 1 heterocycles. The molecule has 0 atom stereocenters. The number of carbonyl (C=O) groups is 2. The number of benzene rings is 1. The number of hydrogen-bond donors (Lipinski definition) is 0. The second-order valence-corrected chi connectivity index (χ2v) is 8.67. The molecule has 0 N–H and O–H groups in total. The van der Waals surface area contributed by atoms with Gasteiger partial charge in [0.05, 0.1) is 23.5 Å². The van der Waals surface area contributed by atoms with Crippen LogP contribution in [0.3, 0.4) is 0 Å². The Morgan fingerprint density at radius 2 is 1.75 bits per heavy atom. The van der Waals surface area contributed by atoms with Crippen LogP contribution in [0.1, 0.15) is 33.6 Å². The van der Waals surface area contributed by atoms with Crippen molar-refractivity contribution in [2.24, 2.45) is 5.92 Å². The van der Waals surface area contributed by atoms with Gasteiger partial charge < -0.3 is 14.2 Å². The van der Waals surface area contributed by atoms with Crippen molar-refractivity contribution in [1.29, 1.82) is 0 Å². The van der Waals surface area contributed by atoms with Gasteiger partial charge in [0.1, 0.15) is 5.75 Å². The predicted molar refractivity (Wildman–Crippen MR) is 101 cm³/mol. The van der Waals surface area contributed by atoms with Crippen LogP contribution in [0.25, 0.3) is 0 Å². The molecule has 0 aliphatic carbocycles. The molecule has 0 saturated carbocycles. The molecule has 0 unspecified atom stereocenters. The standard InChI is InChI=1S/C19H27NO7S/c1-4-25-16-5-7-17(8-6-16)28(23,24)20-11-9-15(10-12-20)19(22)26-13-18(21)27-14(2)3/h5-8,14-15H,4,9-13H2,1-3H3. The maximum absolute atomic E-state index is 12.8. The van der Waals surface area contributed by atoms with E-state index in [1.165, 1.54) is 16.4 Å². The Bertz CT molecular complexity index is 766. The van der Waals surface area contributed by atoms with Crippen molar-refractivity contribution in [3.63, 3.8) is 0 Å². The molecule has 0 spiro atoms. The highest BCUT2D eigenvalue weighted by atomic mass is 32.2. The van der Waals surface area contributed by atoms with Crippen molar-refractivity contribution >= 4 is 22.0 Å². The SMILES string of the molecule is CCOc1ccc(S(=O)(=O)N2CCC(C(=O)OCC(=O)OC(C)C)CC2)cc1. The third-order valence-corrected chi connectivity index (χ3v) is 6.17. The molecule has 9 heteroatoms. The van der Waals surface area contributed by atoms with Gasteiger partial charge >= 0.3 is 11.9 Å². The summed E-state index contributed by atoms with van der Waals surface area (Å²) in [5.74, 6) is -0.921. The van der Waals surface area contributed by atoms with Crippen molar-refractivity contribution in [2.75, 3.05) is 26.3 Å². The van der Waals surface area contributed by atoms with E-state index in [1.54, 1.807) is 26.0 Å². The first kappa shape index (κ1) is 22.2. The lowest BCUT2D eigenvalue weighted by Gasteiger charge is -2.30. The van der Waals surface area contributed by atoms with E-state index in [1.807, 2.05) is 6.92 Å². The molecule has 0 radical (unpaired) electrons. The number of piperidine rings is 1. The minimum absolute atomic E-state index is 0.188. The van der Waals surface area contributed by atoms with Crippen LogP contribution in [0, 0.1) is 5.92 Å². The number of sulfonamides is 1. The first-order valence-electron chi connectivity index (χ1n) is 9.33. The Morgan fingerprint density at radius 3 is 2.29 bits per heavy atom. The number of carbonyl (C=O) groups excluding carboxylic acids is 2. The third kappa shape index (κ3) is 5.93. The average Bonchev–Trinajstić information content (AvgIpc) is 2.66. The molecular formula is C19H27NO7S. The molecule has 1 aliphatic rings. The van der Waals surface area contributed by atoms with Crippen LogP contribution in [0.4, 0.5) is 0 Å². The molecule has 156 valence electrons. The first-order valence-corrected chi connectivity index (χ1v) is 10.8. The molecule has 28 heavy (non-hydrogen) atoms. The minimum Gasteiger partial charge on any atom is -0.494 e. The van der Waals surface area contributed by atoms with Crippen LogP contribution in [0.5, 0.6) is 5.75 Å². The summed E-state index contributed by atoms with van der Waals surface area (Å²) in [4.78, 5) is 23.7. The van der Waals surface area contributed by atoms with Gasteiger partial charge in [-0.25, -0.2) is 13.2 Å². The topological polar surface area (TPSA) is 99.2 Å². The minimum atomic E-state index is -3.63. The van der Waals surface area contributed by atoms with Crippen LogP contribution in [-0.4, -0.2) is 57.1 Å². The quantitative estimate of drug-likeness (QED) is 0.601. The summed E-state index contributed by atoms with van der Waals surface area (Å²) >= 11 is 0.